The van der Waals surface area contributed by atoms with E-state index in [2.05, 4.69) is 22.4 Å². The summed E-state index contributed by atoms with van der Waals surface area (Å²) in [5.74, 6) is 2.48. The van der Waals surface area contributed by atoms with Crippen molar-refractivity contribution in [3.05, 3.63) is 24.1 Å². The first-order chi connectivity index (χ1) is 10.3. The molecule has 114 valence electrons. The third-order valence-corrected chi connectivity index (χ3v) is 3.10. The van der Waals surface area contributed by atoms with Crippen LogP contribution in [0.1, 0.15) is 19.2 Å². The summed E-state index contributed by atoms with van der Waals surface area (Å²) in [5.41, 5.74) is 0.767. The largest absolute Gasteiger partial charge is 0.497 e. The van der Waals surface area contributed by atoms with Gasteiger partial charge in [-0.2, -0.15) is 0 Å². The predicted octanol–water partition coefficient (Wildman–Crippen LogP) is 2.30. The van der Waals surface area contributed by atoms with Crippen LogP contribution in [0.4, 0.5) is 0 Å². The Balaban J connectivity index is 2.10. The molecule has 0 bridgehead atoms. The highest BCUT2D eigenvalue weighted by molar-refractivity contribution is 5.64. The lowest BCUT2D eigenvalue weighted by molar-refractivity contribution is 0.394. The number of hydrogen-bond acceptors (Lipinski definition) is 6. The molecule has 6 nitrogen and oxygen atoms in total. The first-order valence-corrected chi connectivity index (χ1v) is 7.04. The van der Waals surface area contributed by atoms with E-state index in [1.54, 1.807) is 20.3 Å². The molecule has 21 heavy (non-hydrogen) atoms. The molecule has 6 heteroatoms. The lowest BCUT2D eigenvalue weighted by Crippen LogP contribution is -2.14. The van der Waals surface area contributed by atoms with Gasteiger partial charge in [-0.05, 0) is 31.6 Å². The maximum atomic E-state index is 5.70. The molecule has 2 rings (SSSR count). The van der Waals surface area contributed by atoms with E-state index in [0.717, 1.165) is 37.2 Å². The van der Waals surface area contributed by atoms with Crippen molar-refractivity contribution in [2.24, 2.45) is 0 Å². The van der Waals surface area contributed by atoms with E-state index >= 15 is 0 Å². The summed E-state index contributed by atoms with van der Waals surface area (Å²) in [5, 5.41) is 11.4. The van der Waals surface area contributed by atoms with Crippen molar-refractivity contribution in [2.75, 3.05) is 27.3 Å². The minimum absolute atomic E-state index is 0.466. The summed E-state index contributed by atoms with van der Waals surface area (Å²) in [6.45, 7) is 4.00. The van der Waals surface area contributed by atoms with Gasteiger partial charge in [0.1, 0.15) is 11.5 Å². The van der Waals surface area contributed by atoms with Gasteiger partial charge in [-0.25, -0.2) is 0 Å². The molecule has 0 saturated heterocycles. The Morgan fingerprint density at radius 2 is 2.05 bits per heavy atom. The average molecular weight is 291 g/mol. The minimum Gasteiger partial charge on any atom is -0.497 e. The quantitative estimate of drug-likeness (QED) is 0.753. The number of rotatable bonds is 8. The van der Waals surface area contributed by atoms with Gasteiger partial charge in [0.2, 0.25) is 5.89 Å². The zero-order chi connectivity index (χ0) is 15.1. The number of aryl methyl sites for hydroxylation is 1. The maximum absolute atomic E-state index is 5.70. The Morgan fingerprint density at radius 3 is 2.76 bits per heavy atom. The maximum Gasteiger partial charge on any atom is 0.251 e. The van der Waals surface area contributed by atoms with Crippen LogP contribution in [0.15, 0.2) is 22.6 Å². The van der Waals surface area contributed by atoms with E-state index in [1.165, 1.54) is 0 Å². The number of benzene rings is 1. The van der Waals surface area contributed by atoms with E-state index in [-0.39, 0.29) is 0 Å². The van der Waals surface area contributed by atoms with Crippen molar-refractivity contribution >= 4 is 0 Å². The van der Waals surface area contributed by atoms with Crippen molar-refractivity contribution < 1.29 is 13.9 Å². The molecule has 0 atom stereocenters. The molecular weight excluding hydrogens is 270 g/mol. The molecule has 2 aromatic rings. The average Bonchev–Trinajstić information content (AvgIpc) is 2.99. The molecule has 0 aliphatic carbocycles. The highest BCUT2D eigenvalue weighted by Gasteiger charge is 2.14. The Hall–Kier alpha value is -2.08. The van der Waals surface area contributed by atoms with Crippen LogP contribution >= 0.6 is 0 Å². The Kier molecular flexibility index (Phi) is 5.57. The molecule has 1 heterocycles. The van der Waals surface area contributed by atoms with Crippen molar-refractivity contribution in [3.8, 4) is 23.0 Å². The van der Waals surface area contributed by atoms with Gasteiger partial charge in [-0.1, -0.05) is 6.92 Å². The second-order valence-electron chi connectivity index (χ2n) is 4.52. The molecule has 0 unspecified atom stereocenters. The highest BCUT2D eigenvalue weighted by Crippen LogP contribution is 2.32. The van der Waals surface area contributed by atoms with Gasteiger partial charge in [0.05, 0.1) is 19.8 Å². The first kappa shape index (κ1) is 15.3. The summed E-state index contributed by atoms with van der Waals surface area (Å²) in [6, 6.07) is 5.49. The lowest BCUT2D eigenvalue weighted by Gasteiger charge is -2.07. The first-order valence-electron chi connectivity index (χ1n) is 7.04. The fourth-order valence-electron chi connectivity index (χ4n) is 1.98. The molecule has 0 aliphatic rings. The third-order valence-electron chi connectivity index (χ3n) is 3.10. The van der Waals surface area contributed by atoms with Crippen LogP contribution in [0.25, 0.3) is 11.5 Å². The number of nitrogens with one attached hydrogen (secondary N) is 1. The van der Waals surface area contributed by atoms with Crippen LogP contribution in [-0.2, 0) is 6.42 Å². The van der Waals surface area contributed by atoms with Crippen molar-refractivity contribution in [2.45, 2.75) is 19.8 Å². The second kappa shape index (κ2) is 7.64. The predicted molar refractivity (Wildman–Crippen MR) is 79.7 cm³/mol. The summed E-state index contributed by atoms with van der Waals surface area (Å²) in [6.07, 6.45) is 1.73. The van der Waals surface area contributed by atoms with Gasteiger partial charge in [0, 0.05) is 12.5 Å². The molecule has 0 spiro atoms. The molecule has 1 aromatic heterocycles. The molecule has 1 aromatic carbocycles. The van der Waals surface area contributed by atoms with E-state index in [0.29, 0.717) is 17.5 Å². The van der Waals surface area contributed by atoms with Gasteiger partial charge < -0.3 is 19.2 Å². The number of aromatic nitrogens is 2. The molecular formula is C15H21N3O3. The summed E-state index contributed by atoms with van der Waals surface area (Å²) >= 11 is 0. The summed E-state index contributed by atoms with van der Waals surface area (Å²) in [7, 11) is 3.22. The number of hydrogen-bond donors (Lipinski definition) is 1. The van der Waals surface area contributed by atoms with E-state index in [9.17, 15) is 0 Å². The molecule has 0 aliphatic heterocycles. The second-order valence-corrected chi connectivity index (χ2v) is 4.52. The van der Waals surface area contributed by atoms with Gasteiger partial charge in [0.25, 0.3) is 5.89 Å². The SMILES string of the molecule is CCNCCCc1nnc(-c2ccc(OC)cc2OC)o1. The molecule has 0 saturated carbocycles. The Bertz CT molecular complexity index is 569. The third kappa shape index (κ3) is 3.95. The van der Waals surface area contributed by atoms with Gasteiger partial charge in [-0.3, -0.25) is 0 Å². The van der Waals surface area contributed by atoms with Crippen LogP contribution in [-0.4, -0.2) is 37.5 Å². The van der Waals surface area contributed by atoms with Gasteiger partial charge in [-0.15, -0.1) is 10.2 Å². The summed E-state index contributed by atoms with van der Waals surface area (Å²) < 4.78 is 16.2. The van der Waals surface area contributed by atoms with Gasteiger partial charge >= 0.3 is 0 Å². The van der Waals surface area contributed by atoms with E-state index < -0.39 is 0 Å². The van der Waals surface area contributed by atoms with E-state index in [4.69, 9.17) is 13.9 Å². The van der Waals surface area contributed by atoms with Gasteiger partial charge in [0.15, 0.2) is 0 Å². The normalized spacial score (nSPS) is 10.6. The smallest absolute Gasteiger partial charge is 0.251 e. The number of ether oxygens (including phenoxy) is 2. The lowest BCUT2D eigenvalue weighted by atomic mass is 10.2. The minimum atomic E-state index is 0.466. The Labute approximate surface area is 124 Å². The van der Waals surface area contributed by atoms with Crippen molar-refractivity contribution in [1.29, 1.82) is 0 Å². The fraction of sp³-hybridized carbons (Fsp3) is 0.467. The van der Waals surface area contributed by atoms with Crippen molar-refractivity contribution in [1.82, 2.24) is 15.5 Å². The zero-order valence-electron chi connectivity index (χ0n) is 12.7. The highest BCUT2D eigenvalue weighted by atomic mass is 16.5. The van der Waals surface area contributed by atoms with Crippen LogP contribution in [0.2, 0.25) is 0 Å². The molecule has 0 fully saturated rings. The number of methoxy groups -OCH3 is 2. The standard InChI is InChI=1S/C15H21N3O3/c1-4-16-9-5-6-14-17-18-15(21-14)12-8-7-11(19-2)10-13(12)20-3/h7-8,10,16H,4-6,9H2,1-3H3. The van der Waals surface area contributed by atoms with E-state index in [1.807, 2.05) is 12.1 Å². The number of nitrogens with zero attached hydrogens (tertiary/aromatic N) is 2. The molecule has 0 radical (unpaired) electrons. The summed E-state index contributed by atoms with van der Waals surface area (Å²) in [4.78, 5) is 0. The molecule has 1 N–H and O–H groups in total. The van der Waals surface area contributed by atoms with Crippen LogP contribution in [0, 0.1) is 0 Å². The van der Waals surface area contributed by atoms with Crippen molar-refractivity contribution in [3.63, 3.8) is 0 Å². The topological polar surface area (TPSA) is 69.4 Å². The Morgan fingerprint density at radius 1 is 1.19 bits per heavy atom. The molecule has 0 amide bonds. The monoisotopic (exact) mass is 291 g/mol. The van der Waals surface area contributed by atoms with Crippen LogP contribution in [0.5, 0.6) is 11.5 Å². The van der Waals surface area contributed by atoms with Crippen LogP contribution < -0.4 is 14.8 Å². The zero-order valence-corrected chi connectivity index (χ0v) is 12.7. The fourth-order valence-corrected chi connectivity index (χ4v) is 1.98. The van der Waals surface area contributed by atoms with Crippen LogP contribution in [0.3, 0.4) is 0 Å².